The van der Waals surface area contributed by atoms with Crippen molar-refractivity contribution in [3.05, 3.63) is 45.3 Å². The molecule has 1 aromatic carbocycles. The largest absolute Gasteiger partial charge is 0.361 e. The van der Waals surface area contributed by atoms with Crippen LogP contribution in [0.4, 0.5) is 5.69 Å². The average molecular weight is 394 g/mol. The number of nitrogens with zero attached hydrogens (tertiary/aromatic N) is 1. The molecular weight excluding hydrogens is 374 g/mol. The molecule has 2 amide bonds. The SMILES string of the molecule is Cc1cc(Br)ccc1NC(=O)CNC(=O)CCc1c(C)noc1C. The van der Waals surface area contributed by atoms with E-state index in [1.165, 1.54) is 0 Å². The summed E-state index contributed by atoms with van der Waals surface area (Å²) in [7, 11) is 0. The predicted octanol–water partition coefficient (Wildman–Crippen LogP) is 3.05. The Bertz CT molecular complexity index is 736. The molecule has 0 saturated carbocycles. The first-order valence-electron chi connectivity index (χ1n) is 7.61. The van der Waals surface area contributed by atoms with Crippen molar-refractivity contribution in [2.45, 2.75) is 33.6 Å². The Morgan fingerprint density at radius 1 is 1.21 bits per heavy atom. The van der Waals surface area contributed by atoms with Crippen molar-refractivity contribution in [3.8, 4) is 0 Å². The number of aryl methyl sites for hydroxylation is 3. The first kappa shape index (κ1) is 18.2. The zero-order valence-electron chi connectivity index (χ0n) is 13.9. The first-order valence-corrected chi connectivity index (χ1v) is 8.40. The minimum atomic E-state index is -0.258. The number of amides is 2. The Balaban J connectivity index is 1.78. The molecule has 0 radical (unpaired) electrons. The Morgan fingerprint density at radius 3 is 2.58 bits per heavy atom. The van der Waals surface area contributed by atoms with Gasteiger partial charge in [-0.05, 0) is 51.0 Å². The number of nitrogens with one attached hydrogen (secondary N) is 2. The van der Waals surface area contributed by atoms with E-state index in [4.69, 9.17) is 4.52 Å². The van der Waals surface area contributed by atoms with Crippen molar-refractivity contribution in [2.75, 3.05) is 11.9 Å². The third-order valence-corrected chi connectivity index (χ3v) is 4.19. The van der Waals surface area contributed by atoms with Crippen LogP contribution in [0.25, 0.3) is 0 Å². The lowest BCUT2D eigenvalue weighted by Crippen LogP contribution is -2.33. The zero-order chi connectivity index (χ0) is 17.7. The molecule has 1 heterocycles. The number of hydrogen-bond donors (Lipinski definition) is 2. The number of anilines is 1. The summed E-state index contributed by atoms with van der Waals surface area (Å²) < 4.78 is 6.01. The van der Waals surface area contributed by atoms with Gasteiger partial charge in [0.05, 0.1) is 12.2 Å². The summed E-state index contributed by atoms with van der Waals surface area (Å²) in [6.45, 7) is 5.51. The zero-order valence-corrected chi connectivity index (χ0v) is 15.5. The van der Waals surface area contributed by atoms with Gasteiger partial charge >= 0.3 is 0 Å². The van der Waals surface area contributed by atoms with Crippen LogP contribution in [-0.2, 0) is 16.0 Å². The number of carbonyl (C=O) groups is 2. The fourth-order valence-electron chi connectivity index (χ4n) is 2.33. The van der Waals surface area contributed by atoms with Crippen LogP contribution < -0.4 is 10.6 Å². The van der Waals surface area contributed by atoms with Gasteiger partial charge in [0, 0.05) is 22.1 Å². The van der Waals surface area contributed by atoms with Crippen molar-refractivity contribution in [3.63, 3.8) is 0 Å². The van der Waals surface area contributed by atoms with E-state index < -0.39 is 0 Å². The number of halogens is 1. The molecule has 0 spiro atoms. The fourth-order valence-corrected chi connectivity index (χ4v) is 2.80. The number of hydrogen-bond acceptors (Lipinski definition) is 4. The lowest BCUT2D eigenvalue weighted by molar-refractivity contribution is -0.124. The highest BCUT2D eigenvalue weighted by molar-refractivity contribution is 9.10. The molecule has 2 N–H and O–H groups in total. The number of rotatable bonds is 6. The van der Waals surface area contributed by atoms with E-state index in [-0.39, 0.29) is 24.8 Å². The third kappa shape index (κ3) is 4.92. The van der Waals surface area contributed by atoms with Crippen LogP contribution in [0.5, 0.6) is 0 Å². The molecule has 0 aliphatic rings. The fraction of sp³-hybridized carbons (Fsp3) is 0.353. The topological polar surface area (TPSA) is 84.2 Å². The van der Waals surface area contributed by atoms with Gasteiger partial charge in [-0.15, -0.1) is 0 Å². The van der Waals surface area contributed by atoms with Gasteiger partial charge in [-0.3, -0.25) is 9.59 Å². The number of aromatic nitrogens is 1. The van der Waals surface area contributed by atoms with Gasteiger partial charge in [-0.1, -0.05) is 21.1 Å². The summed E-state index contributed by atoms with van der Waals surface area (Å²) in [6.07, 6.45) is 0.827. The maximum atomic E-state index is 11.9. The van der Waals surface area contributed by atoms with Crippen molar-refractivity contribution in [2.24, 2.45) is 0 Å². The van der Waals surface area contributed by atoms with Crippen LogP contribution in [0.1, 0.15) is 29.0 Å². The molecular formula is C17H20BrN3O3. The molecule has 2 aromatic rings. The molecule has 0 unspecified atom stereocenters. The van der Waals surface area contributed by atoms with Crippen LogP contribution >= 0.6 is 15.9 Å². The van der Waals surface area contributed by atoms with Gasteiger partial charge in [0.1, 0.15) is 5.76 Å². The average Bonchev–Trinajstić information content (AvgIpc) is 2.84. The van der Waals surface area contributed by atoms with Gasteiger partial charge in [0.15, 0.2) is 0 Å². The molecule has 0 fully saturated rings. The summed E-state index contributed by atoms with van der Waals surface area (Å²) in [6, 6.07) is 5.58. The molecule has 0 saturated heterocycles. The molecule has 0 bridgehead atoms. The van der Waals surface area contributed by atoms with E-state index in [1.54, 1.807) is 0 Å². The summed E-state index contributed by atoms with van der Waals surface area (Å²) in [5.41, 5.74) is 3.42. The van der Waals surface area contributed by atoms with Crippen LogP contribution in [0.15, 0.2) is 27.2 Å². The van der Waals surface area contributed by atoms with Crippen molar-refractivity contribution in [1.82, 2.24) is 10.5 Å². The minimum absolute atomic E-state index is 0.0596. The van der Waals surface area contributed by atoms with Crippen LogP contribution in [0.2, 0.25) is 0 Å². The van der Waals surface area contributed by atoms with Gasteiger partial charge in [0.2, 0.25) is 11.8 Å². The lowest BCUT2D eigenvalue weighted by atomic mass is 10.1. The lowest BCUT2D eigenvalue weighted by Gasteiger charge is -2.09. The Kier molecular flexibility index (Phi) is 6.14. The molecule has 0 aliphatic heterocycles. The third-order valence-electron chi connectivity index (χ3n) is 3.69. The standard InChI is InChI=1S/C17H20BrN3O3/c1-10-8-13(18)4-6-15(10)20-17(23)9-19-16(22)7-5-14-11(2)21-24-12(14)3/h4,6,8H,5,7,9H2,1-3H3,(H,19,22)(H,20,23). The highest BCUT2D eigenvalue weighted by atomic mass is 79.9. The molecule has 2 rings (SSSR count). The van der Waals surface area contributed by atoms with E-state index in [1.807, 2.05) is 39.0 Å². The Labute approximate surface area is 149 Å². The van der Waals surface area contributed by atoms with E-state index in [2.05, 4.69) is 31.7 Å². The maximum absolute atomic E-state index is 11.9. The number of benzene rings is 1. The van der Waals surface area contributed by atoms with E-state index in [0.717, 1.165) is 32.7 Å². The quantitative estimate of drug-likeness (QED) is 0.789. The highest BCUT2D eigenvalue weighted by Crippen LogP contribution is 2.19. The summed E-state index contributed by atoms with van der Waals surface area (Å²) >= 11 is 3.38. The minimum Gasteiger partial charge on any atom is -0.361 e. The molecule has 0 atom stereocenters. The molecule has 24 heavy (non-hydrogen) atoms. The van der Waals surface area contributed by atoms with Crippen molar-refractivity contribution < 1.29 is 14.1 Å². The molecule has 0 aliphatic carbocycles. The van der Waals surface area contributed by atoms with Gasteiger partial charge in [-0.2, -0.15) is 0 Å². The second-order valence-electron chi connectivity index (χ2n) is 5.59. The normalized spacial score (nSPS) is 10.5. The van der Waals surface area contributed by atoms with E-state index in [0.29, 0.717) is 6.42 Å². The van der Waals surface area contributed by atoms with Crippen LogP contribution in [-0.4, -0.2) is 23.5 Å². The monoisotopic (exact) mass is 393 g/mol. The number of carbonyl (C=O) groups excluding carboxylic acids is 2. The first-order chi connectivity index (χ1) is 11.4. The second kappa shape index (κ2) is 8.10. The molecule has 7 heteroatoms. The molecule has 6 nitrogen and oxygen atoms in total. The van der Waals surface area contributed by atoms with Crippen molar-refractivity contribution in [1.29, 1.82) is 0 Å². The summed E-state index contributed by atoms with van der Waals surface area (Å²) in [5.74, 6) is 0.285. The van der Waals surface area contributed by atoms with Gasteiger partial charge in [-0.25, -0.2) is 0 Å². The highest BCUT2D eigenvalue weighted by Gasteiger charge is 2.12. The van der Waals surface area contributed by atoms with Gasteiger partial charge in [0.25, 0.3) is 0 Å². The summed E-state index contributed by atoms with van der Waals surface area (Å²) in [5, 5.41) is 9.26. The predicted molar refractivity (Wildman–Crippen MR) is 94.8 cm³/mol. The smallest absolute Gasteiger partial charge is 0.243 e. The van der Waals surface area contributed by atoms with Gasteiger partial charge < -0.3 is 15.2 Å². The maximum Gasteiger partial charge on any atom is 0.243 e. The van der Waals surface area contributed by atoms with Crippen molar-refractivity contribution >= 4 is 33.4 Å². The van der Waals surface area contributed by atoms with E-state index in [9.17, 15) is 9.59 Å². The van der Waals surface area contributed by atoms with Crippen LogP contribution in [0, 0.1) is 20.8 Å². The van der Waals surface area contributed by atoms with Crippen LogP contribution in [0.3, 0.4) is 0 Å². The second-order valence-corrected chi connectivity index (χ2v) is 6.50. The van der Waals surface area contributed by atoms with E-state index >= 15 is 0 Å². The molecule has 1 aromatic heterocycles. The Morgan fingerprint density at radius 2 is 1.96 bits per heavy atom. The Hall–Kier alpha value is -2.15. The summed E-state index contributed by atoms with van der Waals surface area (Å²) in [4.78, 5) is 23.8. The molecule has 128 valence electrons.